The molecule has 0 aliphatic carbocycles. The molecule has 0 radical (unpaired) electrons. The Balaban J connectivity index is 3.14. The van der Waals surface area contributed by atoms with E-state index in [1.54, 1.807) is 6.92 Å². The topological polar surface area (TPSA) is 54.4 Å². The lowest BCUT2D eigenvalue weighted by atomic mass is 10.2. The van der Waals surface area contributed by atoms with Gasteiger partial charge in [0.05, 0.1) is 10.6 Å². The SMILES string of the molecule is CC(CO)CS(=O)(=O)c1ccc(Cl)c(C(F)F)c1. The lowest BCUT2D eigenvalue weighted by molar-refractivity contribution is 0.151. The van der Waals surface area contributed by atoms with Crippen molar-refractivity contribution < 1.29 is 22.3 Å². The fourth-order valence-corrected chi connectivity index (χ4v) is 3.23. The van der Waals surface area contributed by atoms with Crippen LogP contribution >= 0.6 is 11.6 Å². The highest BCUT2D eigenvalue weighted by Crippen LogP contribution is 2.29. The van der Waals surface area contributed by atoms with Gasteiger partial charge in [-0.05, 0) is 24.1 Å². The second-order valence-corrected chi connectivity index (χ2v) is 6.49. The second-order valence-electron chi connectivity index (χ2n) is 4.05. The van der Waals surface area contributed by atoms with Crippen molar-refractivity contribution in [1.82, 2.24) is 0 Å². The average molecular weight is 299 g/mol. The molecule has 3 nitrogen and oxygen atoms in total. The van der Waals surface area contributed by atoms with Gasteiger partial charge in [0.25, 0.3) is 6.43 Å². The van der Waals surface area contributed by atoms with Gasteiger partial charge in [0.2, 0.25) is 0 Å². The normalized spacial score (nSPS) is 13.9. The van der Waals surface area contributed by atoms with Crippen molar-refractivity contribution in [1.29, 1.82) is 0 Å². The highest BCUT2D eigenvalue weighted by atomic mass is 35.5. The van der Waals surface area contributed by atoms with Gasteiger partial charge in [0.1, 0.15) is 0 Å². The van der Waals surface area contributed by atoms with E-state index in [4.69, 9.17) is 16.7 Å². The molecule has 0 aromatic heterocycles. The Hall–Kier alpha value is -0.720. The maximum Gasteiger partial charge on any atom is 0.265 e. The van der Waals surface area contributed by atoms with Gasteiger partial charge >= 0.3 is 0 Å². The van der Waals surface area contributed by atoms with Crippen LogP contribution in [0, 0.1) is 5.92 Å². The fourth-order valence-electron chi connectivity index (χ4n) is 1.41. The molecule has 7 heteroatoms. The summed E-state index contributed by atoms with van der Waals surface area (Å²) < 4.78 is 49.0. The molecule has 0 bridgehead atoms. The molecule has 102 valence electrons. The van der Waals surface area contributed by atoms with Crippen molar-refractivity contribution in [3.8, 4) is 0 Å². The molecular formula is C11H13ClF2O3S. The Bertz CT molecular complexity index is 517. The molecule has 0 spiro atoms. The molecule has 1 unspecified atom stereocenters. The summed E-state index contributed by atoms with van der Waals surface area (Å²) in [5, 5.41) is 8.66. The van der Waals surface area contributed by atoms with Gasteiger partial charge < -0.3 is 5.11 Å². The van der Waals surface area contributed by atoms with E-state index in [-0.39, 0.29) is 22.3 Å². The van der Waals surface area contributed by atoms with E-state index in [1.165, 1.54) is 6.07 Å². The zero-order chi connectivity index (χ0) is 13.9. The Kier molecular flexibility index (Phi) is 5.07. The van der Waals surface area contributed by atoms with Gasteiger partial charge in [0, 0.05) is 17.2 Å². The van der Waals surface area contributed by atoms with Crippen LogP contribution in [-0.4, -0.2) is 25.9 Å². The number of aliphatic hydroxyl groups excluding tert-OH is 1. The second kappa shape index (κ2) is 5.95. The molecule has 1 atom stereocenters. The standard InChI is InChI=1S/C11H13ClF2O3S/c1-7(5-15)6-18(16,17)8-2-3-10(12)9(4-8)11(13)14/h2-4,7,11,15H,5-6H2,1H3. The van der Waals surface area contributed by atoms with Gasteiger partial charge in [-0.3, -0.25) is 0 Å². The van der Waals surface area contributed by atoms with E-state index >= 15 is 0 Å². The van der Waals surface area contributed by atoms with Crippen molar-refractivity contribution in [2.75, 3.05) is 12.4 Å². The Morgan fingerprint density at radius 1 is 1.39 bits per heavy atom. The molecule has 18 heavy (non-hydrogen) atoms. The quantitative estimate of drug-likeness (QED) is 0.909. The molecule has 0 aliphatic rings. The molecule has 0 aliphatic heterocycles. The summed E-state index contributed by atoms with van der Waals surface area (Å²) in [5.74, 6) is -0.756. The highest BCUT2D eigenvalue weighted by Gasteiger charge is 2.21. The summed E-state index contributed by atoms with van der Waals surface area (Å²) in [5.41, 5.74) is -0.505. The third-order valence-electron chi connectivity index (χ3n) is 2.38. The molecule has 1 N–H and O–H groups in total. The minimum atomic E-state index is -3.70. The van der Waals surface area contributed by atoms with Crippen LogP contribution < -0.4 is 0 Å². The number of benzene rings is 1. The van der Waals surface area contributed by atoms with Crippen LogP contribution in [0.2, 0.25) is 5.02 Å². The van der Waals surface area contributed by atoms with Gasteiger partial charge in [-0.2, -0.15) is 0 Å². The zero-order valence-corrected chi connectivity index (χ0v) is 11.2. The van der Waals surface area contributed by atoms with E-state index < -0.39 is 27.7 Å². The Labute approximate surface area is 109 Å². The minimum absolute atomic E-state index is 0.167. The molecule has 0 heterocycles. The highest BCUT2D eigenvalue weighted by molar-refractivity contribution is 7.91. The Morgan fingerprint density at radius 3 is 2.50 bits per heavy atom. The Morgan fingerprint density at radius 2 is 2.00 bits per heavy atom. The maximum atomic E-state index is 12.6. The number of sulfone groups is 1. The van der Waals surface area contributed by atoms with Crippen LogP contribution in [0.4, 0.5) is 8.78 Å². The lowest BCUT2D eigenvalue weighted by Crippen LogP contribution is -2.17. The van der Waals surface area contributed by atoms with E-state index in [0.29, 0.717) is 0 Å². The van der Waals surface area contributed by atoms with E-state index in [1.807, 2.05) is 0 Å². The first-order valence-corrected chi connectivity index (χ1v) is 7.22. The summed E-state index contributed by atoms with van der Waals surface area (Å²) in [6, 6.07) is 3.21. The molecule has 1 aromatic rings. The molecule has 1 aromatic carbocycles. The van der Waals surface area contributed by atoms with Gasteiger partial charge in [-0.15, -0.1) is 0 Å². The predicted octanol–water partition coefficient (Wildman–Crippen LogP) is 2.68. The van der Waals surface area contributed by atoms with Crippen LogP contribution in [0.15, 0.2) is 23.1 Å². The first-order valence-electron chi connectivity index (χ1n) is 5.19. The van der Waals surface area contributed by atoms with Crippen molar-refractivity contribution in [2.24, 2.45) is 5.92 Å². The fraction of sp³-hybridized carbons (Fsp3) is 0.455. The monoisotopic (exact) mass is 298 g/mol. The van der Waals surface area contributed by atoms with E-state index in [9.17, 15) is 17.2 Å². The molecule has 1 rings (SSSR count). The number of hydrogen-bond acceptors (Lipinski definition) is 3. The van der Waals surface area contributed by atoms with E-state index in [2.05, 4.69) is 0 Å². The van der Waals surface area contributed by atoms with Crippen LogP contribution in [0.1, 0.15) is 18.9 Å². The summed E-state index contributed by atoms with van der Waals surface area (Å²) in [7, 11) is -3.70. The summed E-state index contributed by atoms with van der Waals surface area (Å²) >= 11 is 5.56. The molecule has 0 fully saturated rings. The van der Waals surface area contributed by atoms with Crippen LogP contribution in [0.3, 0.4) is 0 Å². The number of alkyl halides is 2. The third kappa shape index (κ3) is 3.63. The number of halogens is 3. The van der Waals surface area contributed by atoms with Crippen LogP contribution in [0.5, 0.6) is 0 Å². The molecule has 0 amide bonds. The first-order chi connectivity index (χ1) is 8.27. The van der Waals surface area contributed by atoms with Crippen molar-refractivity contribution >= 4 is 21.4 Å². The number of aliphatic hydroxyl groups is 1. The minimum Gasteiger partial charge on any atom is -0.396 e. The predicted molar refractivity (Wildman–Crippen MR) is 64.7 cm³/mol. The smallest absolute Gasteiger partial charge is 0.265 e. The zero-order valence-electron chi connectivity index (χ0n) is 9.61. The summed E-state index contributed by atoms with van der Waals surface area (Å²) in [4.78, 5) is -0.206. The lowest BCUT2D eigenvalue weighted by Gasteiger charge is -2.11. The van der Waals surface area contributed by atoms with Gasteiger partial charge in [0.15, 0.2) is 9.84 Å². The largest absolute Gasteiger partial charge is 0.396 e. The van der Waals surface area contributed by atoms with Crippen LogP contribution in [-0.2, 0) is 9.84 Å². The molecule has 0 saturated carbocycles. The first kappa shape index (κ1) is 15.3. The van der Waals surface area contributed by atoms with E-state index in [0.717, 1.165) is 12.1 Å². The summed E-state index contributed by atoms with van der Waals surface area (Å²) in [6.45, 7) is 1.27. The number of rotatable bonds is 5. The summed E-state index contributed by atoms with van der Waals surface area (Å²) in [6.07, 6.45) is -2.83. The van der Waals surface area contributed by atoms with Crippen molar-refractivity contribution in [3.63, 3.8) is 0 Å². The van der Waals surface area contributed by atoms with Crippen LogP contribution in [0.25, 0.3) is 0 Å². The van der Waals surface area contributed by atoms with Gasteiger partial charge in [-0.1, -0.05) is 18.5 Å². The van der Waals surface area contributed by atoms with Crippen molar-refractivity contribution in [3.05, 3.63) is 28.8 Å². The molecular weight excluding hydrogens is 286 g/mol. The molecule has 0 saturated heterocycles. The van der Waals surface area contributed by atoms with Gasteiger partial charge in [-0.25, -0.2) is 17.2 Å². The number of hydrogen-bond donors (Lipinski definition) is 1. The average Bonchev–Trinajstić information content (AvgIpc) is 2.28. The van der Waals surface area contributed by atoms with Crippen molar-refractivity contribution in [2.45, 2.75) is 18.2 Å². The maximum absolute atomic E-state index is 12.6. The third-order valence-corrected chi connectivity index (χ3v) is 4.70.